The Hall–Kier alpha value is -3.98. The van der Waals surface area contributed by atoms with Crippen LogP contribution in [0.5, 0.6) is 11.5 Å². The van der Waals surface area contributed by atoms with Crippen LogP contribution in [0.25, 0.3) is 17.2 Å². The molecule has 4 aromatic rings. The fraction of sp³-hybridized carbons (Fsp3) is 0.0667. The predicted octanol–water partition coefficient (Wildman–Crippen LogP) is 7.03. The zero-order valence-electron chi connectivity index (χ0n) is 19.8. The molecule has 4 aromatic carbocycles. The van der Waals surface area contributed by atoms with Crippen LogP contribution in [0.15, 0.2) is 102 Å². The summed E-state index contributed by atoms with van der Waals surface area (Å²) in [5, 5.41) is 0. The van der Waals surface area contributed by atoms with Gasteiger partial charge in [-0.3, -0.25) is 0 Å². The number of esters is 1. The molecule has 0 N–H and O–H groups in total. The van der Waals surface area contributed by atoms with Crippen molar-refractivity contribution in [3.8, 4) is 22.6 Å². The molecule has 184 valence electrons. The summed E-state index contributed by atoms with van der Waals surface area (Å²) in [5.74, 6) is 0.434. The van der Waals surface area contributed by atoms with E-state index in [4.69, 9.17) is 14.2 Å². The number of methoxy groups -OCH3 is 1. The Balaban J connectivity index is 1.36. The average molecular weight is 605 g/mol. The first-order valence-electron chi connectivity index (χ1n) is 11.4. The maximum absolute atomic E-state index is 13.5. The predicted molar refractivity (Wildman–Crippen MR) is 149 cm³/mol. The molecule has 0 atom stereocenters. The minimum absolute atomic E-state index is 0.188. The van der Waals surface area contributed by atoms with Crippen LogP contribution >= 0.6 is 22.6 Å². The molecule has 5 rings (SSSR count). The van der Waals surface area contributed by atoms with E-state index >= 15 is 0 Å². The van der Waals surface area contributed by atoms with Gasteiger partial charge >= 0.3 is 5.97 Å². The topological polar surface area (TPSA) is 57.1 Å². The standard InChI is InChI=1S/C30H21FINO4/c1-35-27-17-20(15-25(32)28(27)36-18-19-6-5-9-24(31)14-19)16-26-30(34)37-29(33-26)23-12-10-22(11-13-23)21-7-3-2-4-8-21/h2-17H,18H2,1H3/b26-16-. The van der Waals surface area contributed by atoms with Crippen molar-refractivity contribution in [2.24, 2.45) is 4.99 Å². The Morgan fingerprint density at radius 2 is 1.65 bits per heavy atom. The molecule has 37 heavy (non-hydrogen) atoms. The van der Waals surface area contributed by atoms with E-state index in [1.165, 1.54) is 19.2 Å². The van der Waals surface area contributed by atoms with Crippen LogP contribution in [0.1, 0.15) is 16.7 Å². The molecular formula is C30H21FINO4. The summed E-state index contributed by atoms with van der Waals surface area (Å²) in [7, 11) is 1.54. The number of carbonyl (C=O) groups is 1. The molecule has 0 spiro atoms. The van der Waals surface area contributed by atoms with Gasteiger partial charge in [-0.2, -0.15) is 0 Å². The van der Waals surface area contributed by atoms with Gasteiger partial charge in [-0.15, -0.1) is 0 Å². The third-order valence-electron chi connectivity index (χ3n) is 5.69. The first-order valence-corrected chi connectivity index (χ1v) is 12.5. The molecule has 0 saturated carbocycles. The van der Waals surface area contributed by atoms with Crippen LogP contribution < -0.4 is 9.47 Å². The second kappa shape index (κ2) is 11.0. The van der Waals surface area contributed by atoms with Crippen molar-refractivity contribution in [3.63, 3.8) is 0 Å². The fourth-order valence-corrected chi connectivity index (χ4v) is 4.65. The fourth-order valence-electron chi connectivity index (χ4n) is 3.87. The largest absolute Gasteiger partial charge is 0.493 e. The Morgan fingerprint density at radius 1 is 0.919 bits per heavy atom. The summed E-state index contributed by atoms with van der Waals surface area (Å²) in [6, 6.07) is 27.6. The maximum atomic E-state index is 13.5. The molecule has 5 nitrogen and oxygen atoms in total. The molecule has 0 fully saturated rings. The molecule has 1 aliphatic rings. The van der Waals surface area contributed by atoms with Crippen LogP contribution in [-0.2, 0) is 16.1 Å². The summed E-state index contributed by atoms with van der Waals surface area (Å²) < 4.78 is 31.1. The lowest BCUT2D eigenvalue weighted by Crippen LogP contribution is -2.05. The number of ether oxygens (including phenoxy) is 3. The first kappa shape index (κ1) is 24.7. The number of halogens is 2. The average Bonchev–Trinajstić information content (AvgIpc) is 3.28. The molecule has 1 aliphatic heterocycles. The van der Waals surface area contributed by atoms with Gasteiger partial charge in [0.25, 0.3) is 0 Å². The van der Waals surface area contributed by atoms with Gasteiger partial charge in [0.2, 0.25) is 5.90 Å². The molecule has 0 unspecified atom stereocenters. The summed E-state index contributed by atoms with van der Waals surface area (Å²) >= 11 is 2.14. The zero-order valence-corrected chi connectivity index (χ0v) is 21.9. The van der Waals surface area contributed by atoms with Crippen molar-refractivity contribution in [3.05, 3.63) is 123 Å². The van der Waals surface area contributed by atoms with Crippen molar-refractivity contribution in [2.45, 2.75) is 6.61 Å². The van der Waals surface area contributed by atoms with Crippen molar-refractivity contribution in [1.29, 1.82) is 0 Å². The van der Waals surface area contributed by atoms with Crippen LogP contribution in [-0.4, -0.2) is 19.0 Å². The van der Waals surface area contributed by atoms with E-state index in [1.807, 2.05) is 60.7 Å². The molecular weight excluding hydrogens is 584 g/mol. The number of carbonyl (C=O) groups excluding carboxylic acids is 1. The van der Waals surface area contributed by atoms with E-state index < -0.39 is 5.97 Å². The third-order valence-corrected chi connectivity index (χ3v) is 6.49. The van der Waals surface area contributed by atoms with Gasteiger partial charge in [0.15, 0.2) is 17.2 Å². The quantitative estimate of drug-likeness (QED) is 0.129. The SMILES string of the molecule is COc1cc(/C=C2\N=C(c3ccc(-c4ccccc4)cc3)OC2=O)cc(I)c1OCc1cccc(F)c1. The molecule has 1 heterocycles. The van der Waals surface area contributed by atoms with Crippen molar-refractivity contribution in [2.75, 3.05) is 7.11 Å². The number of rotatable bonds is 7. The molecule has 0 saturated heterocycles. The highest BCUT2D eigenvalue weighted by atomic mass is 127. The Morgan fingerprint density at radius 3 is 2.38 bits per heavy atom. The van der Waals surface area contributed by atoms with E-state index in [2.05, 4.69) is 27.6 Å². The van der Waals surface area contributed by atoms with E-state index in [-0.39, 0.29) is 24.0 Å². The minimum Gasteiger partial charge on any atom is -0.493 e. The van der Waals surface area contributed by atoms with Gasteiger partial charge in [0.05, 0.1) is 10.7 Å². The maximum Gasteiger partial charge on any atom is 0.363 e. The van der Waals surface area contributed by atoms with Crippen LogP contribution in [0.2, 0.25) is 0 Å². The highest BCUT2D eigenvalue weighted by molar-refractivity contribution is 14.1. The molecule has 0 amide bonds. The van der Waals surface area contributed by atoms with E-state index in [9.17, 15) is 9.18 Å². The second-order valence-corrected chi connectivity index (χ2v) is 9.39. The van der Waals surface area contributed by atoms with Gasteiger partial charge in [-0.1, -0.05) is 54.6 Å². The Labute approximate surface area is 227 Å². The van der Waals surface area contributed by atoms with Crippen LogP contribution in [0.3, 0.4) is 0 Å². The van der Waals surface area contributed by atoms with Crippen molar-refractivity contribution in [1.82, 2.24) is 0 Å². The van der Waals surface area contributed by atoms with E-state index in [1.54, 1.807) is 24.3 Å². The van der Waals surface area contributed by atoms with Gasteiger partial charge < -0.3 is 14.2 Å². The highest BCUT2D eigenvalue weighted by Crippen LogP contribution is 2.35. The number of nitrogens with zero attached hydrogens (tertiary/aromatic N) is 1. The molecule has 0 radical (unpaired) electrons. The number of benzene rings is 4. The van der Waals surface area contributed by atoms with E-state index in [0.29, 0.717) is 28.2 Å². The number of hydrogen-bond donors (Lipinski definition) is 0. The summed E-state index contributed by atoms with van der Waals surface area (Å²) in [6.45, 7) is 0.188. The number of cyclic esters (lactones) is 1. The lowest BCUT2D eigenvalue weighted by atomic mass is 10.0. The zero-order chi connectivity index (χ0) is 25.8. The molecule has 0 aliphatic carbocycles. The first-order chi connectivity index (χ1) is 18.0. The van der Waals surface area contributed by atoms with Gasteiger partial charge in [0, 0.05) is 5.56 Å². The summed E-state index contributed by atoms with van der Waals surface area (Å²) in [6.07, 6.45) is 1.65. The van der Waals surface area contributed by atoms with Gasteiger partial charge in [-0.25, -0.2) is 14.2 Å². The number of hydrogen-bond acceptors (Lipinski definition) is 5. The van der Waals surface area contributed by atoms with Crippen LogP contribution in [0.4, 0.5) is 4.39 Å². The smallest absolute Gasteiger partial charge is 0.363 e. The molecule has 0 bridgehead atoms. The second-order valence-electron chi connectivity index (χ2n) is 8.23. The van der Waals surface area contributed by atoms with Gasteiger partial charge in [0.1, 0.15) is 12.4 Å². The van der Waals surface area contributed by atoms with Gasteiger partial charge in [-0.05, 0) is 87.3 Å². The van der Waals surface area contributed by atoms with Crippen molar-refractivity contribution >= 4 is 40.5 Å². The monoisotopic (exact) mass is 605 g/mol. The Kier molecular flexibility index (Phi) is 7.32. The normalized spacial score (nSPS) is 13.9. The summed E-state index contributed by atoms with van der Waals surface area (Å²) in [5.41, 5.74) is 4.48. The lowest BCUT2D eigenvalue weighted by Gasteiger charge is -2.14. The van der Waals surface area contributed by atoms with Crippen molar-refractivity contribution < 1.29 is 23.4 Å². The lowest BCUT2D eigenvalue weighted by molar-refractivity contribution is -0.129. The summed E-state index contributed by atoms with van der Waals surface area (Å²) in [4.78, 5) is 17.0. The Bertz CT molecular complexity index is 1510. The number of aliphatic imine (C=N–C) groups is 1. The highest BCUT2D eigenvalue weighted by Gasteiger charge is 2.24. The third kappa shape index (κ3) is 5.72. The molecule has 7 heteroatoms. The van der Waals surface area contributed by atoms with Crippen LogP contribution in [0, 0.1) is 9.39 Å². The molecule has 0 aromatic heterocycles. The minimum atomic E-state index is -0.525. The van der Waals surface area contributed by atoms with E-state index in [0.717, 1.165) is 14.7 Å².